The second-order valence-corrected chi connectivity index (χ2v) is 5.08. The van der Waals surface area contributed by atoms with E-state index in [0.29, 0.717) is 22.8 Å². The maximum Gasteiger partial charge on any atom is 0.256 e. The average Bonchev–Trinajstić information content (AvgIpc) is 2.35. The Morgan fingerprint density at radius 1 is 1.53 bits per heavy atom. The summed E-state index contributed by atoms with van der Waals surface area (Å²) in [5.74, 6) is 5.28. The molecular formula is C13H18ClN3O2. The zero-order chi connectivity index (χ0) is 13.8. The fraction of sp³-hybridized carbons (Fsp3) is 0.462. The number of carbonyl (C=O) groups excluding carboxylic acids is 1. The highest BCUT2D eigenvalue weighted by molar-refractivity contribution is 6.31. The van der Waals surface area contributed by atoms with Gasteiger partial charge in [0.2, 0.25) is 0 Å². The van der Waals surface area contributed by atoms with Gasteiger partial charge in [-0.15, -0.1) is 0 Å². The van der Waals surface area contributed by atoms with Gasteiger partial charge in [0, 0.05) is 17.6 Å². The second-order valence-electron chi connectivity index (χ2n) is 4.64. The van der Waals surface area contributed by atoms with Gasteiger partial charge in [-0.25, -0.2) is 0 Å². The lowest BCUT2D eigenvalue weighted by Crippen LogP contribution is -2.45. The highest BCUT2D eigenvalue weighted by Crippen LogP contribution is 2.28. The lowest BCUT2D eigenvalue weighted by atomic mass is 9.91. The van der Waals surface area contributed by atoms with Gasteiger partial charge in [-0.1, -0.05) is 11.6 Å². The molecule has 0 atom stereocenters. The van der Waals surface area contributed by atoms with Crippen LogP contribution in [0, 0.1) is 0 Å². The van der Waals surface area contributed by atoms with Crippen molar-refractivity contribution in [2.24, 2.45) is 5.84 Å². The molecule has 0 saturated heterocycles. The topological polar surface area (TPSA) is 78.6 Å². The van der Waals surface area contributed by atoms with Crippen LogP contribution in [0.5, 0.6) is 0 Å². The minimum absolute atomic E-state index is 0.0474. The van der Waals surface area contributed by atoms with Gasteiger partial charge in [0.1, 0.15) is 0 Å². The molecule has 1 aliphatic carbocycles. The maximum absolute atomic E-state index is 12.6. The maximum atomic E-state index is 12.6. The van der Waals surface area contributed by atoms with E-state index in [4.69, 9.17) is 22.6 Å². The fourth-order valence-electron chi connectivity index (χ4n) is 2.23. The molecule has 1 aromatic rings. The Morgan fingerprint density at radius 3 is 2.79 bits per heavy atom. The highest BCUT2D eigenvalue weighted by atomic mass is 35.5. The molecule has 0 bridgehead atoms. The predicted octanol–water partition coefficient (Wildman–Crippen LogP) is 1.61. The van der Waals surface area contributed by atoms with Crippen LogP contribution in [0.2, 0.25) is 5.02 Å². The molecule has 19 heavy (non-hydrogen) atoms. The van der Waals surface area contributed by atoms with Crippen LogP contribution in [0.1, 0.15) is 29.6 Å². The Labute approximate surface area is 117 Å². The number of benzene rings is 1. The molecule has 0 spiro atoms. The van der Waals surface area contributed by atoms with Crippen LogP contribution in [0.3, 0.4) is 0 Å². The van der Waals surface area contributed by atoms with E-state index in [1.54, 1.807) is 23.1 Å². The van der Waals surface area contributed by atoms with Gasteiger partial charge < -0.3 is 15.4 Å². The standard InChI is InChI=1S/C13H18ClN3O2/c14-9-4-5-12(16-15)11(8-9)13(19)17(6-7-18)10-2-1-3-10/h4-5,8,10,16,18H,1-3,6-7,15H2. The van der Waals surface area contributed by atoms with Gasteiger partial charge in [0.25, 0.3) is 5.91 Å². The number of carbonyl (C=O) groups is 1. The first-order valence-electron chi connectivity index (χ1n) is 6.35. The number of aliphatic hydroxyl groups is 1. The number of hydrogen-bond acceptors (Lipinski definition) is 4. The number of nitrogens with one attached hydrogen (secondary N) is 1. The van der Waals surface area contributed by atoms with Crippen LogP contribution in [0.15, 0.2) is 18.2 Å². The van der Waals surface area contributed by atoms with Crippen LogP contribution in [-0.4, -0.2) is 35.1 Å². The van der Waals surface area contributed by atoms with Crippen LogP contribution >= 0.6 is 11.6 Å². The molecule has 0 aliphatic heterocycles. The third-order valence-electron chi connectivity index (χ3n) is 3.48. The average molecular weight is 284 g/mol. The van der Waals surface area contributed by atoms with E-state index in [-0.39, 0.29) is 18.6 Å². The van der Waals surface area contributed by atoms with E-state index in [1.165, 1.54) is 0 Å². The summed E-state index contributed by atoms with van der Waals surface area (Å²) in [6.07, 6.45) is 3.09. The van der Waals surface area contributed by atoms with Gasteiger partial charge in [-0.3, -0.25) is 10.6 Å². The third-order valence-corrected chi connectivity index (χ3v) is 3.72. The molecule has 1 fully saturated rings. The van der Waals surface area contributed by atoms with E-state index >= 15 is 0 Å². The van der Waals surface area contributed by atoms with Crippen LogP contribution < -0.4 is 11.3 Å². The van der Waals surface area contributed by atoms with Gasteiger partial charge in [0.05, 0.1) is 17.9 Å². The fourth-order valence-corrected chi connectivity index (χ4v) is 2.40. The summed E-state index contributed by atoms with van der Waals surface area (Å²) in [6, 6.07) is 5.16. The van der Waals surface area contributed by atoms with Crippen molar-refractivity contribution in [3.63, 3.8) is 0 Å². The van der Waals surface area contributed by atoms with E-state index in [9.17, 15) is 4.79 Å². The first kappa shape index (κ1) is 14.1. The molecule has 0 heterocycles. The lowest BCUT2D eigenvalue weighted by Gasteiger charge is -2.37. The smallest absolute Gasteiger partial charge is 0.256 e. The monoisotopic (exact) mass is 283 g/mol. The molecule has 1 saturated carbocycles. The molecule has 0 radical (unpaired) electrons. The highest BCUT2D eigenvalue weighted by Gasteiger charge is 2.30. The summed E-state index contributed by atoms with van der Waals surface area (Å²) in [6.45, 7) is 0.286. The van der Waals surface area contributed by atoms with Crippen LogP contribution in [0.25, 0.3) is 0 Å². The van der Waals surface area contributed by atoms with Crippen molar-refractivity contribution in [1.82, 2.24) is 4.90 Å². The Bertz CT molecular complexity index is 463. The zero-order valence-corrected chi connectivity index (χ0v) is 11.4. The minimum atomic E-state index is -0.144. The van der Waals surface area contributed by atoms with Crippen molar-refractivity contribution in [3.05, 3.63) is 28.8 Å². The Morgan fingerprint density at radius 2 is 2.26 bits per heavy atom. The van der Waals surface area contributed by atoms with Crippen molar-refractivity contribution in [2.75, 3.05) is 18.6 Å². The SMILES string of the molecule is NNc1ccc(Cl)cc1C(=O)N(CCO)C1CCC1. The van der Waals surface area contributed by atoms with Gasteiger partial charge in [0.15, 0.2) is 0 Å². The zero-order valence-electron chi connectivity index (χ0n) is 10.6. The summed E-state index contributed by atoms with van der Waals surface area (Å²) < 4.78 is 0. The van der Waals surface area contributed by atoms with Crippen LogP contribution in [-0.2, 0) is 0 Å². The largest absolute Gasteiger partial charge is 0.395 e. The van der Waals surface area contributed by atoms with Crippen molar-refractivity contribution in [2.45, 2.75) is 25.3 Å². The first-order chi connectivity index (χ1) is 9.17. The quantitative estimate of drug-likeness (QED) is 0.567. The lowest BCUT2D eigenvalue weighted by molar-refractivity contribution is 0.0526. The van der Waals surface area contributed by atoms with Gasteiger partial charge in [-0.05, 0) is 37.5 Å². The molecule has 2 rings (SSSR count). The molecule has 6 heteroatoms. The molecule has 1 aromatic carbocycles. The number of aliphatic hydroxyl groups excluding tert-OH is 1. The summed E-state index contributed by atoms with van der Waals surface area (Å²) >= 11 is 5.94. The predicted molar refractivity (Wildman–Crippen MR) is 75.0 cm³/mol. The number of nitrogens with two attached hydrogens (primary N) is 1. The van der Waals surface area contributed by atoms with E-state index in [0.717, 1.165) is 19.3 Å². The Balaban J connectivity index is 2.27. The summed E-state index contributed by atoms with van der Waals surface area (Å²) in [5, 5.41) is 9.61. The van der Waals surface area contributed by atoms with Gasteiger partial charge in [-0.2, -0.15) is 0 Å². The number of rotatable bonds is 5. The number of nitrogen functional groups attached to an aromatic ring is 1. The molecule has 1 aliphatic rings. The molecule has 0 aromatic heterocycles. The molecular weight excluding hydrogens is 266 g/mol. The molecule has 104 valence electrons. The summed E-state index contributed by atoms with van der Waals surface area (Å²) in [5.41, 5.74) is 3.49. The number of amides is 1. The first-order valence-corrected chi connectivity index (χ1v) is 6.73. The number of halogens is 1. The van der Waals surface area contributed by atoms with E-state index in [1.807, 2.05) is 0 Å². The van der Waals surface area contributed by atoms with Crippen molar-refractivity contribution in [1.29, 1.82) is 0 Å². The summed E-state index contributed by atoms with van der Waals surface area (Å²) in [7, 11) is 0. The number of nitrogens with zero attached hydrogens (tertiary/aromatic N) is 1. The number of anilines is 1. The van der Waals surface area contributed by atoms with E-state index < -0.39 is 0 Å². The van der Waals surface area contributed by atoms with Crippen molar-refractivity contribution < 1.29 is 9.90 Å². The van der Waals surface area contributed by atoms with Crippen molar-refractivity contribution in [3.8, 4) is 0 Å². The minimum Gasteiger partial charge on any atom is -0.395 e. The Hall–Kier alpha value is -1.30. The molecule has 5 nitrogen and oxygen atoms in total. The summed E-state index contributed by atoms with van der Waals surface area (Å²) in [4.78, 5) is 14.3. The Kier molecular flexibility index (Phi) is 4.63. The molecule has 1 amide bonds. The number of hydrazine groups is 1. The number of hydrogen-bond donors (Lipinski definition) is 3. The van der Waals surface area contributed by atoms with E-state index in [2.05, 4.69) is 5.43 Å². The molecule has 4 N–H and O–H groups in total. The molecule has 0 unspecified atom stereocenters. The second kappa shape index (κ2) is 6.23. The van der Waals surface area contributed by atoms with Crippen molar-refractivity contribution >= 4 is 23.2 Å². The third kappa shape index (κ3) is 3.00. The van der Waals surface area contributed by atoms with Crippen LogP contribution in [0.4, 0.5) is 5.69 Å². The van der Waals surface area contributed by atoms with Gasteiger partial charge >= 0.3 is 0 Å². The normalized spacial score (nSPS) is 14.9.